The Hall–Kier alpha value is -1.15. The van der Waals surface area contributed by atoms with Gasteiger partial charge in [-0.05, 0) is 12.1 Å². The molecule has 1 N–H and O–H groups in total. The lowest BCUT2D eigenvalue weighted by atomic mass is 10.3. The number of carbonyl (C=O) groups excluding carboxylic acids is 1. The maximum absolute atomic E-state index is 11.0. The van der Waals surface area contributed by atoms with E-state index in [9.17, 15) is 4.79 Å². The van der Waals surface area contributed by atoms with E-state index >= 15 is 0 Å². The Morgan fingerprint density at radius 3 is 2.50 bits per heavy atom. The van der Waals surface area contributed by atoms with E-state index in [1.807, 2.05) is 0 Å². The van der Waals surface area contributed by atoms with Gasteiger partial charge in [-0.25, -0.2) is 0 Å². The summed E-state index contributed by atoms with van der Waals surface area (Å²) in [4.78, 5) is 11.0. The Labute approximate surface area is 119 Å². The Kier molecular flexibility index (Phi) is 6.06. The average Bonchev–Trinajstić information content (AvgIpc) is 2.27. The number of ether oxygens (including phenoxy) is 1. The molecule has 0 saturated heterocycles. The minimum Gasteiger partial charge on any atom is -0.489 e. The predicted molar refractivity (Wildman–Crippen MR) is 70.2 cm³/mol. The molecule has 96 valence electrons. The monoisotopic (exact) mass is 306 g/mol. The van der Waals surface area contributed by atoms with Gasteiger partial charge in [0.05, 0.1) is 22.7 Å². The number of benzene rings is 1. The zero-order chi connectivity index (χ0) is 13.5. The molecule has 0 unspecified atom stereocenters. The molecule has 1 aromatic rings. The van der Waals surface area contributed by atoms with Crippen LogP contribution in [0.25, 0.3) is 0 Å². The van der Waals surface area contributed by atoms with Crippen LogP contribution in [0.3, 0.4) is 0 Å². The van der Waals surface area contributed by atoms with Crippen molar-refractivity contribution in [2.45, 2.75) is 6.42 Å². The highest BCUT2D eigenvalue weighted by atomic mass is 35.5. The van der Waals surface area contributed by atoms with Gasteiger partial charge in [0.1, 0.15) is 13.0 Å². The molecular formula is C11H9Cl3N2O2. The highest BCUT2D eigenvalue weighted by molar-refractivity contribution is 6.40. The highest BCUT2D eigenvalue weighted by Crippen LogP contribution is 2.35. The van der Waals surface area contributed by atoms with Crippen LogP contribution in [0.1, 0.15) is 6.42 Å². The second kappa shape index (κ2) is 7.32. The van der Waals surface area contributed by atoms with Crippen LogP contribution >= 0.6 is 34.8 Å². The first-order valence-electron chi connectivity index (χ1n) is 4.95. The third-order valence-corrected chi connectivity index (χ3v) is 2.65. The van der Waals surface area contributed by atoms with E-state index in [-0.39, 0.29) is 25.5 Å². The summed E-state index contributed by atoms with van der Waals surface area (Å²) < 4.78 is 5.33. The normalized spacial score (nSPS) is 9.67. The van der Waals surface area contributed by atoms with Crippen molar-refractivity contribution in [3.63, 3.8) is 0 Å². The number of rotatable bonds is 5. The summed E-state index contributed by atoms with van der Waals surface area (Å²) in [5.41, 5.74) is 0. The first-order valence-corrected chi connectivity index (χ1v) is 6.09. The summed E-state index contributed by atoms with van der Waals surface area (Å²) in [7, 11) is 0. The van der Waals surface area contributed by atoms with Gasteiger partial charge in [-0.1, -0.05) is 34.8 Å². The van der Waals surface area contributed by atoms with Gasteiger partial charge in [0.15, 0.2) is 5.75 Å². The van der Waals surface area contributed by atoms with E-state index in [1.165, 1.54) is 12.1 Å². The van der Waals surface area contributed by atoms with Gasteiger partial charge in [0.25, 0.3) is 0 Å². The number of nitriles is 1. The number of nitrogens with zero attached hydrogens (tertiary/aromatic N) is 1. The van der Waals surface area contributed by atoms with Crippen molar-refractivity contribution in [1.29, 1.82) is 5.26 Å². The van der Waals surface area contributed by atoms with Crippen LogP contribution in [0.15, 0.2) is 12.1 Å². The SMILES string of the molecule is N#CCC(=O)NCCOc1c(Cl)cc(Cl)cc1Cl. The third-order valence-electron chi connectivity index (χ3n) is 1.87. The largest absolute Gasteiger partial charge is 0.489 e. The Morgan fingerprint density at radius 2 is 1.94 bits per heavy atom. The molecule has 7 heteroatoms. The number of amides is 1. The molecule has 18 heavy (non-hydrogen) atoms. The second-order valence-corrected chi connectivity index (χ2v) is 4.48. The van der Waals surface area contributed by atoms with Gasteiger partial charge in [0.2, 0.25) is 5.91 Å². The van der Waals surface area contributed by atoms with E-state index in [2.05, 4.69) is 5.32 Å². The molecule has 0 aliphatic heterocycles. The molecule has 0 atom stereocenters. The molecule has 1 rings (SSSR count). The molecule has 0 radical (unpaired) electrons. The topological polar surface area (TPSA) is 62.1 Å². The quantitative estimate of drug-likeness (QED) is 0.850. The number of carbonyl (C=O) groups is 1. The van der Waals surface area contributed by atoms with E-state index in [4.69, 9.17) is 44.8 Å². The van der Waals surface area contributed by atoms with Crippen molar-refractivity contribution in [2.24, 2.45) is 0 Å². The molecule has 0 aliphatic carbocycles. The van der Waals surface area contributed by atoms with Crippen LogP contribution < -0.4 is 10.1 Å². The maximum Gasteiger partial charge on any atom is 0.234 e. The first kappa shape index (κ1) is 14.9. The van der Waals surface area contributed by atoms with E-state index < -0.39 is 0 Å². The van der Waals surface area contributed by atoms with Gasteiger partial charge >= 0.3 is 0 Å². The Bertz CT molecular complexity index is 463. The minimum atomic E-state index is -0.352. The zero-order valence-electron chi connectivity index (χ0n) is 9.17. The predicted octanol–water partition coefficient (Wildman–Crippen LogP) is 3.06. The van der Waals surface area contributed by atoms with Gasteiger partial charge in [-0.15, -0.1) is 0 Å². The van der Waals surface area contributed by atoms with Crippen LogP contribution in [-0.4, -0.2) is 19.1 Å². The van der Waals surface area contributed by atoms with E-state index in [0.717, 1.165) is 0 Å². The van der Waals surface area contributed by atoms with Crippen LogP contribution in [0.2, 0.25) is 15.1 Å². The number of halogens is 3. The van der Waals surface area contributed by atoms with Gasteiger partial charge in [-0.3, -0.25) is 4.79 Å². The molecule has 1 aromatic carbocycles. The summed E-state index contributed by atoms with van der Waals surface area (Å²) >= 11 is 17.6. The van der Waals surface area contributed by atoms with Gasteiger partial charge < -0.3 is 10.1 Å². The van der Waals surface area contributed by atoms with Crippen LogP contribution in [-0.2, 0) is 4.79 Å². The average molecular weight is 308 g/mol. The van der Waals surface area contributed by atoms with Crippen LogP contribution in [0, 0.1) is 11.3 Å². The van der Waals surface area contributed by atoms with Crippen molar-refractivity contribution >= 4 is 40.7 Å². The fourth-order valence-electron chi connectivity index (χ4n) is 1.14. The fourth-order valence-corrected chi connectivity index (χ4v) is 2.07. The molecule has 0 aliphatic rings. The highest BCUT2D eigenvalue weighted by Gasteiger charge is 2.09. The summed E-state index contributed by atoms with van der Waals surface area (Å²) in [5.74, 6) is -0.0355. The fraction of sp³-hybridized carbons (Fsp3) is 0.273. The lowest BCUT2D eigenvalue weighted by molar-refractivity contribution is -0.120. The lowest BCUT2D eigenvalue weighted by Crippen LogP contribution is -2.27. The Morgan fingerprint density at radius 1 is 1.33 bits per heavy atom. The molecule has 0 bridgehead atoms. The summed E-state index contributed by atoms with van der Waals surface area (Å²) in [5, 5.41) is 11.8. The van der Waals surface area contributed by atoms with Crippen molar-refractivity contribution in [3.05, 3.63) is 27.2 Å². The number of hydrogen-bond donors (Lipinski definition) is 1. The van der Waals surface area contributed by atoms with Crippen LogP contribution in [0.4, 0.5) is 0 Å². The molecule has 0 spiro atoms. The summed E-state index contributed by atoms with van der Waals surface area (Å²) in [6.07, 6.45) is -0.178. The molecule has 0 heterocycles. The lowest BCUT2D eigenvalue weighted by Gasteiger charge is -2.10. The summed E-state index contributed by atoms with van der Waals surface area (Å²) in [6.45, 7) is 0.452. The minimum absolute atomic E-state index is 0.178. The van der Waals surface area contributed by atoms with Gasteiger partial charge in [-0.2, -0.15) is 5.26 Å². The molecule has 0 fully saturated rings. The first-order chi connectivity index (χ1) is 8.54. The van der Waals surface area contributed by atoms with Crippen LogP contribution in [0.5, 0.6) is 5.75 Å². The maximum atomic E-state index is 11.0. The van der Waals surface area contributed by atoms with Crippen molar-refractivity contribution < 1.29 is 9.53 Å². The molecule has 0 aromatic heterocycles. The van der Waals surface area contributed by atoms with E-state index in [0.29, 0.717) is 20.8 Å². The Balaban J connectivity index is 2.45. The zero-order valence-corrected chi connectivity index (χ0v) is 11.4. The molecule has 0 saturated carbocycles. The number of nitrogens with one attached hydrogen (secondary N) is 1. The van der Waals surface area contributed by atoms with Crippen molar-refractivity contribution in [2.75, 3.05) is 13.2 Å². The third kappa shape index (κ3) is 4.61. The molecule has 4 nitrogen and oxygen atoms in total. The van der Waals surface area contributed by atoms with Crippen molar-refractivity contribution in [1.82, 2.24) is 5.32 Å². The van der Waals surface area contributed by atoms with Gasteiger partial charge in [0, 0.05) is 5.02 Å². The standard InChI is InChI=1S/C11H9Cl3N2O2/c12-7-5-8(13)11(9(14)6-7)18-4-3-16-10(17)1-2-15/h5-6H,1,3-4H2,(H,16,17). The summed E-state index contributed by atoms with van der Waals surface area (Å²) in [6, 6.07) is 4.77. The smallest absolute Gasteiger partial charge is 0.234 e. The van der Waals surface area contributed by atoms with E-state index in [1.54, 1.807) is 6.07 Å². The molecular weight excluding hydrogens is 298 g/mol. The van der Waals surface area contributed by atoms with Crippen molar-refractivity contribution in [3.8, 4) is 11.8 Å². The molecule has 1 amide bonds. The second-order valence-electron chi connectivity index (χ2n) is 3.23. The number of hydrogen-bond acceptors (Lipinski definition) is 3.